The first-order valence-electron chi connectivity index (χ1n) is 12.2. The second kappa shape index (κ2) is 11.0. The maximum atomic E-state index is 14.2. The molecule has 0 spiro atoms. The number of aromatic nitrogens is 1. The van der Waals surface area contributed by atoms with Crippen molar-refractivity contribution in [2.75, 3.05) is 28.4 Å². The number of fused-ring (bicyclic) bond motifs is 3. The van der Waals surface area contributed by atoms with Gasteiger partial charge in [-0.1, -0.05) is 48.5 Å². The van der Waals surface area contributed by atoms with E-state index in [1.54, 1.807) is 54.6 Å². The molecule has 0 fully saturated rings. The number of rotatable bonds is 7. The number of esters is 4. The lowest BCUT2D eigenvalue weighted by Gasteiger charge is -2.44. The number of nitrogens with one attached hydrogen (secondary N) is 1. The lowest BCUT2D eigenvalue weighted by atomic mass is 9.55. The Hall–Kier alpha value is -4.99. The number of benzene rings is 2. The molecule has 0 aliphatic heterocycles. The van der Waals surface area contributed by atoms with Crippen LogP contribution in [0.3, 0.4) is 0 Å². The summed E-state index contributed by atoms with van der Waals surface area (Å²) in [5.41, 5.74) is -1.72. The van der Waals surface area contributed by atoms with Crippen LogP contribution in [0.5, 0.6) is 0 Å². The van der Waals surface area contributed by atoms with Gasteiger partial charge in [-0.2, -0.15) is 0 Å². The standard InChI is InChI=1S/C30H27NO9/c1-16(32)30(19(27(34)38-3)15-21(33)37-2)25(17-11-7-6-8-12-17)24(29(36)40-5)23(28(35)39-4)22-18-13-9-10-14-20(18)31-26(22)30/h6-15,25,31H,1-5H3/b19-15+/t25-,30+/m0/s1. The predicted octanol–water partition coefficient (Wildman–Crippen LogP) is 3.16. The Kier molecular flexibility index (Phi) is 7.72. The molecule has 0 unspecified atom stereocenters. The minimum Gasteiger partial charge on any atom is -0.466 e. The molecule has 3 aromatic rings. The van der Waals surface area contributed by atoms with Gasteiger partial charge in [0.1, 0.15) is 11.2 Å². The molecule has 206 valence electrons. The number of H-pyrrole nitrogens is 1. The third-order valence-electron chi connectivity index (χ3n) is 7.12. The first-order valence-corrected chi connectivity index (χ1v) is 12.2. The van der Waals surface area contributed by atoms with E-state index >= 15 is 0 Å². The molecular formula is C30H27NO9. The molecule has 10 heteroatoms. The van der Waals surface area contributed by atoms with Gasteiger partial charge in [-0.3, -0.25) is 4.79 Å². The number of para-hydroxylation sites is 1. The number of carbonyl (C=O) groups is 5. The molecule has 1 aliphatic carbocycles. The number of ether oxygens (including phenoxy) is 4. The van der Waals surface area contributed by atoms with Gasteiger partial charge >= 0.3 is 23.9 Å². The van der Waals surface area contributed by atoms with Crippen molar-refractivity contribution in [3.63, 3.8) is 0 Å². The molecule has 2 aromatic carbocycles. The van der Waals surface area contributed by atoms with Gasteiger partial charge in [-0.05, 0) is 18.6 Å². The Labute approximate surface area is 229 Å². The average Bonchev–Trinajstić information content (AvgIpc) is 3.37. The highest BCUT2D eigenvalue weighted by atomic mass is 16.5. The second-order valence-corrected chi connectivity index (χ2v) is 8.97. The number of aromatic amines is 1. The first kappa shape index (κ1) is 28.0. The van der Waals surface area contributed by atoms with Crippen molar-refractivity contribution in [3.8, 4) is 0 Å². The van der Waals surface area contributed by atoms with Crippen molar-refractivity contribution in [2.24, 2.45) is 0 Å². The summed E-state index contributed by atoms with van der Waals surface area (Å²) in [6.07, 6.45) is 0.872. The summed E-state index contributed by atoms with van der Waals surface area (Å²) >= 11 is 0. The lowest BCUT2D eigenvalue weighted by molar-refractivity contribution is -0.141. The highest BCUT2D eigenvalue weighted by molar-refractivity contribution is 6.29. The van der Waals surface area contributed by atoms with E-state index in [2.05, 4.69) is 4.98 Å². The number of methoxy groups -OCH3 is 4. The van der Waals surface area contributed by atoms with Gasteiger partial charge in [0, 0.05) is 34.2 Å². The average molecular weight is 546 g/mol. The van der Waals surface area contributed by atoms with Gasteiger partial charge in [0.25, 0.3) is 0 Å². The van der Waals surface area contributed by atoms with Gasteiger partial charge in [0.15, 0.2) is 0 Å². The van der Waals surface area contributed by atoms with E-state index in [-0.39, 0.29) is 22.4 Å². The quantitative estimate of drug-likeness (QED) is 0.269. The van der Waals surface area contributed by atoms with Crippen LogP contribution in [-0.2, 0) is 48.3 Å². The molecule has 0 saturated heterocycles. The largest absolute Gasteiger partial charge is 0.466 e. The zero-order chi connectivity index (χ0) is 29.2. The maximum absolute atomic E-state index is 14.2. The van der Waals surface area contributed by atoms with Crippen molar-refractivity contribution in [1.82, 2.24) is 4.98 Å². The fourth-order valence-corrected chi connectivity index (χ4v) is 5.52. The fourth-order valence-electron chi connectivity index (χ4n) is 5.52. The number of carbonyl (C=O) groups excluding carboxylic acids is 5. The van der Waals surface area contributed by atoms with Crippen LogP contribution in [0.4, 0.5) is 0 Å². The topological polar surface area (TPSA) is 138 Å². The van der Waals surface area contributed by atoms with Crippen LogP contribution in [0.15, 0.2) is 71.8 Å². The van der Waals surface area contributed by atoms with E-state index in [1.807, 2.05) is 0 Å². The van der Waals surface area contributed by atoms with Gasteiger partial charge in [0.2, 0.25) is 0 Å². The Bertz CT molecular complexity index is 1600. The third kappa shape index (κ3) is 4.17. The number of Topliss-reactive ketones (excluding diaryl/α,β-unsaturated/α-hetero) is 1. The van der Waals surface area contributed by atoms with Crippen LogP contribution >= 0.6 is 0 Å². The van der Waals surface area contributed by atoms with Gasteiger partial charge in [-0.15, -0.1) is 0 Å². The van der Waals surface area contributed by atoms with Crippen LogP contribution in [0.2, 0.25) is 0 Å². The Morgan fingerprint density at radius 2 is 1.43 bits per heavy atom. The molecule has 1 N–H and O–H groups in total. The summed E-state index contributed by atoms with van der Waals surface area (Å²) in [7, 11) is 4.52. The molecule has 1 aromatic heterocycles. The molecular weight excluding hydrogens is 518 g/mol. The van der Waals surface area contributed by atoms with Crippen LogP contribution in [0, 0.1) is 0 Å². The van der Waals surface area contributed by atoms with E-state index in [0.29, 0.717) is 16.5 Å². The summed E-state index contributed by atoms with van der Waals surface area (Å²) in [6, 6.07) is 15.2. The predicted molar refractivity (Wildman–Crippen MR) is 143 cm³/mol. The van der Waals surface area contributed by atoms with E-state index in [0.717, 1.165) is 27.4 Å². The maximum Gasteiger partial charge on any atom is 0.339 e. The van der Waals surface area contributed by atoms with Crippen molar-refractivity contribution in [2.45, 2.75) is 18.3 Å². The highest BCUT2D eigenvalue weighted by Crippen LogP contribution is 2.57. The van der Waals surface area contributed by atoms with Crippen LogP contribution in [-0.4, -0.2) is 63.1 Å². The minimum absolute atomic E-state index is 0.101. The lowest BCUT2D eigenvalue weighted by Crippen LogP contribution is -2.50. The van der Waals surface area contributed by atoms with E-state index in [1.165, 1.54) is 14.0 Å². The van der Waals surface area contributed by atoms with Crippen molar-refractivity contribution in [3.05, 3.63) is 88.6 Å². The van der Waals surface area contributed by atoms with Crippen LogP contribution in [0.1, 0.15) is 29.7 Å². The van der Waals surface area contributed by atoms with Gasteiger partial charge < -0.3 is 23.9 Å². The van der Waals surface area contributed by atoms with Gasteiger partial charge in [0.05, 0.1) is 45.2 Å². The number of hydrogen-bond acceptors (Lipinski definition) is 9. The zero-order valence-corrected chi connectivity index (χ0v) is 22.5. The summed E-state index contributed by atoms with van der Waals surface area (Å²) in [5.74, 6) is -5.72. The summed E-state index contributed by atoms with van der Waals surface area (Å²) < 4.78 is 20.2. The molecule has 2 atom stereocenters. The second-order valence-electron chi connectivity index (χ2n) is 8.97. The van der Waals surface area contributed by atoms with Gasteiger partial charge in [-0.25, -0.2) is 19.2 Å². The normalized spacial score (nSPS) is 18.5. The minimum atomic E-state index is -2.09. The first-order chi connectivity index (χ1) is 19.2. The summed E-state index contributed by atoms with van der Waals surface area (Å²) in [6.45, 7) is 1.23. The molecule has 0 amide bonds. The SMILES string of the molecule is COC(=O)/C=C(\C(=O)OC)[C@@]1(C(C)=O)c2[nH]c3ccccc3c2C(C(=O)OC)=C(C(=O)OC)[C@@H]1c1ccccc1. The third-order valence-corrected chi connectivity index (χ3v) is 7.12. The monoisotopic (exact) mass is 545 g/mol. The molecule has 0 saturated carbocycles. The highest BCUT2D eigenvalue weighted by Gasteiger charge is 2.60. The number of hydrogen-bond donors (Lipinski definition) is 1. The number of ketones is 1. The molecule has 40 heavy (non-hydrogen) atoms. The summed E-state index contributed by atoms with van der Waals surface area (Å²) in [5, 5.41) is 0.471. The molecule has 10 nitrogen and oxygen atoms in total. The van der Waals surface area contributed by atoms with Crippen molar-refractivity contribution < 1.29 is 42.9 Å². The van der Waals surface area contributed by atoms with E-state index in [9.17, 15) is 24.0 Å². The van der Waals surface area contributed by atoms with Crippen LogP contribution in [0.25, 0.3) is 16.5 Å². The molecule has 0 bridgehead atoms. The molecule has 1 aliphatic rings. The molecule has 0 radical (unpaired) electrons. The Balaban J connectivity index is 2.38. The van der Waals surface area contributed by atoms with E-state index in [4.69, 9.17) is 18.9 Å². The zero-order valence-electron chi connectivity index (χ0n) is 22.5. The smallest absolute Gasteiger partial charge is 0.339 e. The summed E-state index contributed by atoms with van der Waals surface area (Å²) in [4.78, 5) is 70.7. The fraction of sp³-hybridized carbons (Fsp3) is 0.233. The van der Waals surface area contributed by atoms with Crippen molar-refractivity contribution in [1.29, 1.82) is 0 Å². The van der Waals surface area contributed by atoms with Crippen molar-refractivity contribution >= 4 is 46.1 Å². The Morgan fingerprint density at radius 1 is 0.800 bits per heavy atom. The Morgan fingerprint density at radius 3 is 2.00 bits per heavy atom. The van der Waals surface area contributed by atoms with Crippen LogP contribution < -0.4 is 0 Å². The van der Waals surface area contributed by atoms with E-state index < -0.39 is 46.6 Å². The molecule has 4 rings (SSSR count). The molecule has 1 heterocycles.